The molecule has 3 rings (SSSR count). The number of nitrogens with zero attached hydrogens (tertiary/aromatic N) is 3. The number of aromatic nitrogens is 3. The van der Waals surface area contributed by atoms with Gasteiger partial charge in [-0.3, -0.25) is 10.1 Å². The van der Waals surface area contributed by atoms with Crippen LogP contribution in [-0.4, -0.2) is 35.6 Å². The molecule has 0 saturated heterocycles. The highest BCUT2D eigenvalue weighted by Gasteiger charge is 2.31. The van der Waals surface area contributed by atoms with Crippen LogP contribution in [0.1, 0.15) is 11.1 Å². The largest absolute Gasteiger partial charge is 0.416 e. The smallest absolute Gasteiger partial charge is 0.292 e. The normalized spacial score (nSPS) is 12.0. The number of amides is 1. The minimum absolute atomic E-state index is 0.0332. The highest BCUT2D eigenvalue weighted by Crippen LogP contribution is 2.30. The van der Waals surface area contributed by atoms with Crippen LogP contribution in [0.2, 0.25) is 0 Å². The van der Waals surface area contributed by atoms with Crippen LogP contribution in [0, 0.1) is 0 Å². The third kappa shape index (κ3) is 5.64. The van der Waals surface area contributed by atoms with Crippen molar-refractivity contribution in [2.75, 3.05) is 11.9 Å². The Morgan fingerprint density at radius 1 is 1.07 bits per heavy atom. The van der Waals surface area contributed by atoms with Gasteiger partial charge in [0.2, 0.25) is 21.9 Å². The molecular weight excluding hydrogens is 423 g/mol. The van der Waals surface area contributed by atoms with E-state index in [2.05, 4.69) is 15.4 Å². The third-order valence-corrected chi connectivity index (χ3v) is 5.27. The number of hydrogen-bond acceptors (Lipinski definition) is 5. The van der Waals surface area contributed by atoms with E-state index in [9.17, 15) is 26.4 Å². The summed E-state index contributed by atoms with van der Waals surface area (Å²) < 4.78 is 66.1. The zero-order chi connectivity index (χ0) is 21.8. The Hall–Kier alpha value is -3.25. The lowest BCUT2D eigenvalue weighted by molar-refractivity contribution is -0.137. The molecule has 8 nitrogen and oxygen atoms in total. The van der Waals surface area contributed by atoms with Gasteiger partial charge in [-0.05, 0) is 23.8 Å². The van der Waals surface area contributed by atoms with Gasteiger partial charge in [0, 0.05) is 0 Å². The molecule has 0 atom stereocenters. The predicted octanol–water partition coefficient (Wildman–Crippen LogP) is 2.26. The van der Waals surface area contributed by atoms with Gasteiger partial charge in [-0.15, -0.1) is 5.10 Å². The SMILES string of the molecule is O=C(CNS(=O)(=O)c1cccc(C(F)(F)F)c1)Nc1ncn(Cc2ccccc2)n1. The minimum Gasteiger partial charge on any atom is -0.292 e. The van der Waals surface area contributed by atoms with E-state index >= 15 is 0 Å². The summed E-state index contributed by atoms with van der Waals surface area (Å²) in [6, 6.07) is 12.6. The van der Waals surface area contributed by atoms with Crippen LogP contribution in [0.25, 0.3) is 0 Å². The van der Waals surface area contributed by atoms with Crippen molar-refractivity contribution < 1.29 is 26.4 Å². The topological polar surface area (TPSA) is 106 Å². The van der Waals surface area contributed by atoms with Crippen molar-refractivity contribution >= 4 is 21.9 Å². The number of benzene rings is 2. The molecule has 1 aromatic heterocycles. The fraction of sp³-hybridized carbons (Fsp3) is 0.167. The predicted molar refractivity (Wildman–Crippen MR) is 101 cm³/mol. The Labute approximate surface area is 169 Å². The second kappa shape index (κ2) is 8.63. The molecule has 30 heavy (non-hydrogen) atoms. The van der Waals surface area contributed by atoms with Crippen molar-refractivity contribution in [3.63, 3.8) is 0 Å². The van der Waals surface area contributed by atoms with Crippen LogP contribution < -0.4 is 10.0 Å². The van der Waals surface area contributed by atoms with Crippen molar-refractivity contribution in [2.24, 2.45) is 0 Å². The molecule has 2 aromatic carbocycles. The van der Waals surface area contributed by atoms with Gasteiger partial charge in [-0.25, -0.2) is 22.8 Å². The van der Waals surface area contributed by atoms with Crippen LogP contribution in [0.15, 0.2) is 65.8 Å². The number of sulfonamides is 1. The molecule has 0 unspecified atom stereocenters. The van der Waals surface area contributed by atoms with E-state index in [0.717, 1.165) is 23.8 Å². The van der Waals surface area contributed by atoms with Crippen LogP contribution in [0.3, 0.4) is 0 Å². The Kier molecular flexibility index (Phi) is 6.17. The quantitative estimate of drug-likeness (QED) is 0.588. The van der Waals surface area contributed by atoms with E-state index in [4.69, 9.17) is 0 Å². The standard InChI is InChI=1S/C18H16F3N5O3S/c19-18(20,21)14-7-4-8-15(9-14)30(28,29)23-10-16(27)24-17-22-12-26(25-17)11-13-5-2-1-3-6-13/h1-9,12,23H,10-11H2,(H,24,25,27). The second-order valence-corrected chi connectivity index (χ2v) is 7.92. The van der Waals surface area contributed by atoms with Gasteiger partial charge in [0.15, 0.2) is 0 Å². The number of carbonyl (C=O) groups is 1. The molecule has 1 amide bonds. The summed E-state index contributed by atoms with van der Waals surface area (Å²) in [5.74, 6) is -0.808. The first-order valence-electron chi connectivity index (χ1n) is 8.54. The first-order valence-corrected chi connectivity index (χ1v) is 10.0. The van der Waals surface area contributed by atoms with Crippen LogP contribution in [0.4, 0.5) is 19.1 Å². The zero-order valence-electron chi connectivity index (χ0n) is 15.3. The molecule has 0 spiro atoms. The molecule has 12 heteroatoms. The van der Waals surface area contributed by atoms with Gasteiger partial charge in [0.25, 0.3) is 0 Å². The van der Waals surface area contributed by atoms with Crippen molar-refractivity contribution in [2.45, 2.75) is 17.6 Å². The number of halogens is 3. The average Bonchev–Trinajstić information content (AvgIpc) is 3.13. The molecule has 3 aromatic rings. The lowest BCUT2D eigenvalue weighted by atomic mass is 10.2. The van der Waals surface area contributed by atoms with Crippen molar-refractivity contribution in [1.82, 2.24) is 19.5 Å². The molecular formula is C18H16F3N5O3S. The number of alkyl halides is 3. The molecule has 1 heterocycles. The summed E-state index contributed by atoms with van der Waals surface area (Å²) in [7, 11) is -4.32. The summed E-state index contributed by atoms with van der Waals surface area (Å²) >= 11 is 0. The van der Waals surface area contributed by atoms with Gasteiger partial charge < -0.3 is 0 Å². The van der Waals surface area contributed by atoms with Crippen molar-refractivity contribution in [3.8, 4) is 0 Å². The van der Waals surface area contributed by atoms with Crippen LogP contribution >= 0.6 is 0 Å². The van der Waals surface area contributed by atoms with E-state index in [1.165, 1.54) is 11.0 Å². The van der Waals surface area contributed by atoms with E-state index in [0.29, 0.717) is 12.6 Å². The van der Waals surface area contributed by atoms with E-state index in [1.807, 2.05) is 35.1 Å². The second-order valence-electron chi connectivity index (χ2n) is 6.15. The van der Waals surface area contributed by atoms with Crippen LogP contribution in [-0.2, 0) is 27.5 Å². The number of carbonyl (C=O) groups excluding carboxylic acids is 1. The maximum atomic E-state index is 12.8. The summed E-state index contributed by atoms with van der Waals surface area (Å²) in [6.07, 6.45) is -3.29. The fourth-order valence-electron chi connectivity index (χ4n) is 2.45. The Morgan fingerprint density at radius 3 is 2.50 bits per heavy atom. The highest BCUT2D eigenvalue weighted by atomic mass is 32.2. The molecule has 0 radical (unpaired) electrons. The average molecular weight is 439 g/mol. The number of hydrogen-bond donors (Lipinski definition) is 2. The minimum atomic E-state index is -4.69. The van der Waals surface area contributed by atoms with Gasteiger partial charge >= 0.3 is 6.18 Å². The van der Waals surface area contributed by atoms with Gasteiger partial charge in [-0.1, -0.05) is 36.4 Å². The van der Waals surface area contributed by atoms with E-state index < -0.39 is 39.1 Å². The maximum Gasteiger partial charge on any atom is 0.416 e. The molecule has 0 aliphatic heterocycles. The van der Waals surface area contributed by atoms with Gasteiger partial charge in [0.1, 0.15) is 6.33 Å². The summed E-state index contributed by atoms with van der Waals surface area (Å²) in [5, 5.41) is 6.38. The molecule has 0 saturated carbocycles. The van der Waals surface area contributed by atoms with E-state index in [1.54, 1.807) is 0 Å². The third-order valence-electron chi connectivity index (χ3n) is 3.87. The van der Waals surface area contributed by atoms with Crippen molar-refractivity contribution in [1.29, 1.82) is 0 Å². The molecule has 0 aliphatic carbocycles. The molecule has 2 N–H and O–H groups in total. The van der Waals surface area contributed by atoms with Gasteiger partial charge in [-0.2, -0.15) is 13.2 Å². The lowest BCUT2D eigenvalue weighted by Crippen LogP contribution is -2.33. The number of anilines is 1. The van der Waals surface area contributed by atoms with Crippen molar-refractivity contribution in [3.05, 3.63) is 72.1 Å². The first kappa shape index (κ1) is 21.5. The first-order chi connectivity index (χ1) is 14.1. The molecule has 158 valence electrons. The summed E-state index contributed by atoms with van der Waals surface area (Å²) in [4.78, 5) is 15.3. The Balaban J connectivity index is 1.58. The summed E-state index contributed by atoms with van der Waals surface area (Å²) in [5.41, 5.74) is -0.142. The monoisotopic (exact) mass is 439 g/mol. The summed E-state index contributed by atoms with van der Waals surface area (Å²) in [6.45, 7) is -0.280. The molecule has 0 fully saturated rings. The molecule has 0 aliphatic rings. The van der Waals surface area contributed by atoms with Crippen LogP contribution in [0.5, 0.6) is 0 Å². The lowest BCUT2D eigenvalue weighted by Gasteiger charge is -2.10. The van der Waals surface area contributed by atoms with E-state index in [-0.39, 0.29) is 5.95 Å². The number of rotatable bonds is 7. The van der Waals surface area contributed by atoms with Gasteiger partial charge in [0.05, 0.1) is 23.5 Å². The molecule has 0 bridgehead atoms. The fourth-order valence-corrected chi connectivity index (χ4v) is 3.48. The maximum absolute atomic E-state index is 12.8. The number of nitrogens with one attached hydrogen (secondary N) is 2. The zero-order valence-corrected chi connectivity index (χ0v) is 16.1. The highest BCUT2D eigenvalue weighted by molar-refractivity contribution is 7.89. The Bertz CT molecular complexity index is 1130. The Morgan fingerprint density at radius 2 is 1.80 bits per heavy atom.